The van der Waals surface area contributed by atoms with E-state index in [0.717, 1.165) is 5.56 Å². The summed E-state index contributed by atoms with van der Waals surface area (Å²) in [5.74, 6) is 0.199. The minimum absolute atomic E-state index is 0.0521. The Morgan fingerprint density at radius 3 is 2.67 bits per heavy atom. The molecule has 1 rings (SSSR count). The molecular formula is C12H17Cl2N3O. The van der Waals surface area contributed by atoms with Crippen LogP contribution in [0.4, 0.5) is 0 Å². The molecule has 0 fully saturated rings. The number of oxime groups is 1. The van der Waals surface area contributed by atoms with Gasteiger partial charge in [-0.15, -0.1) is 0 Å². The van der Waals surface area contributed by atoms with Gasteiger partial charge in [0.15, 0.2) is 0 Å². The number of hydrogen-bond acceptors (Lipinski definition) is 3. The Balaban J connectivity index is 2.67. The molecular weight excluding hydrogens is 273 g/mol. The van der Waals surface area contributed by atoms with E-state index in [0.29, 0.717) is 16.5 Å². The number of halogens is 2. The standard InChI is InChI=1S/C12H17Cl2N3O/c1-7(5-12(15)17-18)16-8(2)10-4-3-9(13)6-11(10)14/h3-4,6-8,16,18H,5H2,1-2H3,(H2,15,17). The van der Waals surface area contributed by atoms with Crippen molar-refractivity contribution < 1.29 is 5.21 Å². The van der Waals surface area contributed by atoms with Crippen molar-refractivity contribution >= 4 is 29.0 Å². The summed E-state index contributed by atoms with van der Waals surface area (Å²) in [6.07, 6.45) is 0.464. The van der Waals surface area contributed by atoms with E-state index in [9.17, 15) is 0 Å². The van der Waals surface area contributed by atoms with Crippen LogP contribution in [0.5, 0.6) is 0 Å². The van der Waals surface area contributed by atoms with Crippen molar-refractivity contribution in [2.75, 3.05) is 0 Å². The van der Waals surface area contributed by atoms with Crippen molar-refractivity contribution in [3.8, 4) is 0 Å². The molecule has 0 aliphatic carbocycles. The lowest BCUT2D eigenvalue weighted by molar-refractivity contribution is 0.315. The van der Waals surface area contributed by atoms with Crippen molar-refractivity contribution in [2.45, 2.75) is 32.4 Å². The molecule has 2 unspecified atom stereocenters. The number of nitrogens with one attached hydrogen (secondary N) is 1. The quantitative estimate of drug-likeness (QED) is 0.337. The topological polar surface area (TPSA) is 70.6 Å². The van der Waals surface area contributed by atoms with Crippen LogP contribution >= 0.6 is 23.2 Å². The Hall–Kier alpha value is -0.970. The van der Waals surface area contributed by atoms with Crippen molar-refractivity contribution in [2.24, 2.45) is 10.9 Å². The summed E-state index contributed by atoms with van der Waals surface area (Å²) in [5.41, 5.74) is 6.42. The maximum atomic E-state index is 8.51. The van der Waals surface area contributed by atoms with Gasteiger partial charge in [0.1, 0.15) is 5.84 Å². The second kappa shape index (κ2) is 6.83. The first-order chi connectivity index (χ1) is 8.43. The first-order valence-electron chi connectivity index (χ1n) is 5.61. The lowest BCUT2D eigenvalue weighted by Crippen LogP contribution is -2.33. The fourth-order valence-corrected chi connectivity index (χ4v) is 2.35. The predicted octanol–water partition coefficient (Wildman–Crippen LogP) is 3.17. The van der Waals surface area contributed by atoms with Crippen molar-refractivity contribution in [3.63, 3.8) is 0 Å². The highest BCUT2D eigenvalue weighted by Gasteiger charge is 2.13. The monoisotopic (exact) mass is 289 g/mol. The lowest BCUT2D eigenvalue weighted by Gasteiger charge is -2.21. The molecule has 2 atom stereocenters. The van der Waals surface area contributed by atoms with Crippen LogP contribution in [0.2, 0.25) is 10.0 Å². The van der Waals surface area contributed by atoms with Crippen LogP contribution in [0.15, 0.2) is 23.4 Å². The Morgan fingerprint density at radius 2 is 2.11 bits per heavy atom. The van der Waals surface area contributed by atoms with E-state index in [2.05, 4.69) is 10.5 Å². The molecule has 0 aromatic heterocycles. The third-order valence-corrected chi connectivity index (χ3v) is 3.17. The summed E-state index contributed by atoms with van der Waals surface area (Å²) < 4.78 is 0. The largest absolute Gasteiger partial charge is 0.409 e. The Morgan fingerprint density at radius 1 is 1.44 bits per heavy atom. The second-order valence-electron chi connectivity index (χ2n) is 4.25. The maximum absolute atomic E-state index is 8.51. The van der Waals surface area contributed by atoms with Gasteiger partial charge >= 0.3 is 0 Å². The summed E-state index contributed by atoms with van der Waals surface area (Å²) in [6.45, 7) is 3.95. The van der Waals surface area contributed by atoms with Crippen LogP contribution in [-0.2, 0) is 0 Å². The third kappa shape index (κ3) is 4.37. The minimum Gasteiger partial charge on any atom is -0.409 e. The normalized spacial score (nSPS) is 15.4. The van der Waals surface area contributed by atoms with Gasteiger partial charge in [-0.2, -0.15) is 0 Å². The van der Waals surface area contributed by atoms with Gasteiger partial charge in [0.25, 0.3) is 0 Å². The van der Waals surface area contributed by atoms with Crippen molar-refractivity contribution in [1.29, 1.82) is 0 Å². The van der Waals surface area contributed by atoms with Gasteiger partial charge in [-0.25, -0.2) is 0 Å². The zero-order chi connectivity index (χ0) is 13.7. The summed E-state index contributed by atoms with van der Waals surface area (Å²) in [6, 6.07) is 5.53. The molecule has 0 amide bonds. The molecule has 0 saturated carbocycles. The molecule has 4 nitrogen and oxygen atoms in total. The third-order valence-electron chi connectivity index (χ3n) is 2.61. The molecule has 1 aromatic rings. The van der Waals surface area contributed by atoms with Gasteiger partial charge in [-0.1, -0.05) is 34.4 Å². The Kier molecular flexibility index (Phi) is 5.72. The molecule has 6 heteroatoms. The highest BCUT2D eigenvalue weighted by Crippen LogP contribution is 2.26. The summed E-state index contributed by atoms with van der Waals surface area (Å²) in [4.78, 5) is 0. The number of nitrogens with two attached hydrogens (primary N) is 1. The first kappa shape index (κ1) is 15.1. The average molecular weight is 290 g/mol. The summed E-state index contributed by atoms with van der Waals surface area (Å²) >= 11 is 12.0. The molecule has 4 N–H and O–H groups in total. The van der Waals surface area contributed by atoms with E-state index >= 15 is 0 Å². The van der Waals surface area contributed by atoms with Crippen LogP contribution in [0.25, 0.3) is 0 Å². The molecule has 0 saturated heterocycles. The van der Waals surface area contributed by atoms with Gasteiger partial charge in [-0.05, 0) is 31.5 Å². The number of nitrogens with zero attached hydrogens (tertiary/aromatic N) is 1. The zero-order valence-electron chi connectivity index (χ0n) is 10.3. The van der Waals surface area contributed by atoms with Crippen molar-refractivity contribution in [1.82, 2.24) is 5.32 Å². The summed E-state index contributed by atoms with van der Waals surface area (Å²) in [5, 5.41) is 16.0. The molecule has 0 spiro atoms. The highest BCUT2D eigenvalue weighted by atomic mass is 35.5. The van der Waals surface area contributed by atoms with Crippen LogP contribution in [-0.4, -0.2) is 17.1 Å². The van der Waals surface area contributed by atoms with Crippen LogP contribution in [0, 0.1) is 0 Å². The fourth-order valence-electron chi connectivity index (χ4n) is 1.78. The molecule has 0 heterocycles. The molecule has 0 aliphatic heterocycles. The molecule has 1 aromatic carbocycles. The summed E-state index contributed by atoms with van der Waals surface area (Å²) in [7, 11) is 0. The molecule has 0 aliphatic rings. The number of benzene rings is 1. The van der Waals surface area contributed by atoms with Gasteiger partial charge in [0.2, 0.25) is 0 Å². The van der Waals surface area contributed by atoms with Crippen LogP contribution in [0.1, 0.15) is 31.9 Å². The van der Waals surface area contributed by atoms with E-state index in [-0.39, 0.29) is 17.9 Å². The van der Waals surface area contributed by atoms with Gasteiger partial charge in [0.05, 0.1) is 0 Å². The molecule has 18 heavy (non-hydrogen) atoms. The SMILES string of the molecule is CC(C/C(N)=N/O)NC(C)c1ccc(Cl)cc1Cl. The van der Waals surface area contributed by atoms with Gasteiger partial charge in [0, 0.05) is 28.5 Å². The van der Waals surface area contributed by atoms with E-state index in [4.69, 9.17) is 34.1 Å². The average Bonchev–Trinajstić information content (AvgIpc) is 2.28. The Bertz CT molecular complexity index is 437. The number of rotatable bonds is 5. The molecule has 100 valence electrons. The van der Waals surface area contributed by atoms with Crippen LogP contribution in [0.3, 0.4) is 0 Å². The maximum Gasteiger partial charge on any atom is 0.140 e. The van der Waals surface area contributed by atoms with E-state index < -0.39 is 0 Å². The van der Waals surface area contributed by atoms with Crippen LogP contribution < -0.4 is 11.1 Å². The minimum atomic E-state index is 0.0521. The predicted molar refractivity (Wildman–Crippen MR) is 75.5 cm³/mol. The van der Waals surface area contributed by atoms with Gasteiger partial charge < -0.3 is 16.3 Å². The van der Waals surface area contributed by atoms with Gasteiger partial charge in [-0.3, -0.25) is 0 Å². The van der Waals surface area contributed by atoms with E-state index in [1.165, 1.54) is 0 Å². The second-order valence-corrected chi connectivity index (χ2v) is 5.09. The lowest BCUT2D eigenvalue weighted by atomic mass is 10.1. The number of amidine groups is 1. The molecule has 0 bridgehead atoms. The van der Waals surface area contributed by atoms with E-state index in [1.807, 2.05) is 19.9 Å². The first-order valence-corrected chi connectivity index (χ1v) is 6.37. The fraction of sp³-hybridized carbons (Fsp3) is 0.417. The van der Waals surface area contributed by atoms with Crippen molar-refractivity contribution in [3.05, 3.63) is 33.8 Å². The highest BCUT2D eigenvalue weighted by molar-refractivity contribution is 6.35. The number of hydrogen-bond donors (Lipinski definition) is 3. The Labute approximate surface area is 117 Å². The van der Waals surface area contributed by atoms with E-state index in [1.54, 1.807) is 12.1 Å². The zero-order valence-corrected chi connectivity index (χ0v) is 11.8. The smallest absolute Gasteiger partial charge is 0.140 e. The molecule has 0 radical (unpaired) electrons.